The quantitative estimate of drug-likeness (QED) is 0.447. The highest BCUT2D eigenvalue weighted by Crippen LogP contribution is 2.14. The number of ether oxygens (including phenoxy) is 1. The molecule has 17 heavy (non-hydrogen) atoms. The van der Waals surface area contributed by atoms with Gasteiger partial charge in [-0.2, -0.15) is 0 Å². The summed E-state index contributed by atoms with van der Waals surface area (Å²) in [4.78, 5) is 0. The van der Waals surface area contributed by atoms with Gasteiger partial charge in [0.05, 0.1) is 13.2 Å². The van der Waals surface area contributed by atoms with E-state index in [0.717, 1.165) is 25.5 Å². The lowest BCUT2D eigenvalue weighted by molar-refractivity contribution is 0.00553. The van der Waals surface area contributed by atoms with Gasteiger partial charge in [-0.05, 0) is 32.5 Å². The molecule has 0 rings (SSSR count). The lowest BCUT2D eigenvalue weighted by Gasteiger charge is -2.21. The molecular weight excluding hydrogens is 240 g/mol. The first-order valence-corrected chi connectivity index (χ1v) is 9.14. The monoisotopic (exact) mass is 268 g/mol. The second-order valence-corrected chi connectivity index (χ2v) is 8.87. The first kappa shape index (κ1) is 19.4. The molecule has 0 fully saturated rings. The Balaban J connectivity index is 0. The molecule has 1 atom stereocenters. The lowest BCUT2D eigenvalue weighted by atomic mass is 10.3. The van der Waals surface area contributed by atoms with E-state index in [1.165, 1.54) is 0 Å². The molecule has 0 aromatic rings. The predicted molar refractivity (Wildman–Crippen MR) is 70.7 cm³/mol. The zero-order valence-corrected chi connectivity index (χ0v) is 12.2. The van der Waals surface area contributed by atoms with Gasteiger partial charge in [0.1, 0.15) is 6.10 Å². The fraction of sp³-hybridized carbons (Fsp3) is 1.00. The highest BCUT2D eigenvalue weighted by molar-refractivity contribution is 6.71. The topological polar surface area (TPSA) is 90.4 Å². The number of hydrogen-bond donors (Lipinski definition) is 2. The van der Waals surface area contributed by atoms with Crippen LogP contribution in [0.15, 0.2) is 0 Å². The maximum Gasteiger partial charge on any atom is 0.186 e. The van der Waals surface area contributed by atoms with Crippen LogP contribution in [0.5, 0.6) is 0 Å². The molecule has 0 spiro atoms. The molecule has 1 unspecified atom stereocenters. The molecule has 106 valence electrons. The molecular formula is C11H28O5Si. The van der Waals surface area contributed by atoms with Crippen molar-refractivity contribution in [2.75, 3.05) is 26.4 Å². The Bertz CT molecular complexity index is 166. The average molecular weight is 268 g/mol. The van der Waals surface area contributed by atoms with Crippen LogP contribution in [0.4, 0.5) is 0 Å². The molecule has 0 bridgehead atoms. The third-order valence-electron chi connectivity index (χ3n) is 2.37. The highest BCUT2D eigenvalue weighted by atomic mass is 28.4. The second-order valence-electron chi connectivity index (χ2n) is 4.56. The molecule has 0 aromatic heterocycles. The summed E-state index contributed by atoms with van der Waals surface area (Å²) in [6.45, 7) is 7.94. The van der Waals surface area contributed by atoms with E-state index < -0.39 is 14.4 Å². The minimum absolute atomic E-state index is 0. The molecule has 5 nitrogen and oxygen atoms in total. The zero-order valence-electron chi connectivity index (χ0n) is 11.2. The molecule has 0 aromatic carbocycles. The Morgan fingerprint density at radius 3 is 2.41 bits per heavy atom. The van der Waals surface area contributed by atoms with Crippen molar-refractivity contribution in [1.82, 2.24) is 0 Å². The molecule has 0 amide bonds. The van der Waals surface area contributed by atoms with Gasteiger partial charge in [0, 0.05) is 13.2 Å². The Morgan fingerprint density at radius 1 is 1.24 bits per heavy atom. The molecule has 0 aliphatic heterocycles. The fourth-order valence-electron chi connectivity index (χ4n) is 1.49. The summed E-state index contributed by atoms with van der Waals surface area (Å²) in [6.07, 6.45) is 1.35. The Labute approximate surface area is 105 Å². The lowest BCUT2D eigenvalue weighted by Crippen LogP contribution is -2.30. The van der Waals surface area contributed by atoms with E-state index >= 15 is 0 Å². The van der Waals surface area contributed by atoms with Crippen molar-refractivity contribution in [3.05, 3.63) is 0 Å². The Morgan fingerprint density at radius 2 is 1.88 bits per heavy atom. The Kier molecular flexibility index (Phi) is 12.7. The fourth-order valence-corrected chi connectivity index (χ4v) is 3.52. The first-order valence-electron chi connectivity index (χ1n) is 6.02. The maximum atomic E-state index is 9.03. The van der Waals surface area contributed by atoms with Crippen LogP contribution < -0.4 is 0 Å². The molecule has 4 N–H and O–H groups in total. The van der Waals surface area contributed by atoms with Gasteiger partial charge in [0.15, 0.2) is 8.32 Å². The van der Waals surface area contributed by atoms with E-state index in [-0.39, 0.29) is 18.7 Å². The SMILES string of the molecule is CCO[Si](C)(C)CCCCOCC(O)CO.O. The molecule has 0 saturated heterocycles. The van der Waals surface area contributed by atoms with E-state index in [9.17, 15) is 0 Å². The van der Waals surface area contributed by atoms with Crippen LogP contribution >= 0.6 is 0 Å². The average Bonchev–Trinajstić information content (AvgIpc) is 2.22. The van der Waals surface area contributed by atoms with Crippen LogP contribution in [-0.2, 0) is 9.16 Å². The number of aliphatic hydroxyl groups excluding tert-OH is 2. The van der Waals surface area contributed by atoms with E-state index in [1.807, 2.05) is 6.92 Å². The van der Waals surface area contributed by atoms with Crippen molar-refractivity contribution in [2.45, 2.75) is 45.0 Å². The van der Waals surface area contributed by atoms with Gasteiger partial charge in [0.25, 0.3) is 0 Å². The smallest absolute Gasteiger partial charge is 0.186 e. The molecule has 0 radical (unpaired) electrons. The molecule has 0 aliphatic rings. The minimum atomic E-state index is -1.44. The number of rotatable bonds is 10. The number of unbranched alkanes of at least 4 members (excludes halogenated alkanes) is 1. The summed E-state index contributed by atoms with van der Waals surface area (Å²) in [5.74, 6) is 0. The zero-order chi connectivity index (χ0) is 12.4. The summed E-state index contributed by atoms with van der Waals surface area (Å²) < 4.78 is 10.9. The second kappa shape index (κ2) is 11.1. The van der Waals surface area contributed by atoms with Crippen molar-refractivity contribution in [3.8, 4) is 0 Å². The van der Waals surface area contributed by atoms with Gasteiger partial charge in [-0.3, -0.25) is 0 Å². The molecule has 0 aliphatic carbocycles. The van der Waals surface area contributed by atoms with Crippen molar-refractivity contribution in [3.63, 3.8) is 0 Å². The summed E-state index contributed by atoms with van der Waals surface area (Å²) in [5.41, 5.74) is 0. The highest BCUT2D eigenvalue weighted by Gasteiger charge is 2.20. The van der Waals surface area contributed by atoms with Gasteiger partial charge >= 0.3 is 0 Å². The van der Waals surface area contributed by atoms with Crippen LogP contribution in [0.1, 0.15) is 19.8 Å². The van der Waals surface area contributed by atoms with E-state index in [2.05, 4.69) is 13.1 Å². The van der Waals surface area contributed by atoms with Crippen molar-refractivity contribution >= 4 is 8.32 Å². The first-order chi connectivity index (χ1) is 7.52. The third-order valence-corrected chi connectivity index (χ3v) is 5.00. The maximum absolute atomic E-state index is 9.03. The minimum Gasteiger partial charge on any atom is -0.418 e. The summed E-state index contributed by atoms with van der Waals surface area (Å²) >= 11 is 0. The predicted octanol–water partition coefficient (Wildman–Crippen LogP) is 0.553. The number of aliphatic hydroxyl groups is 2. The molecule has 0 heterocycles. The largest absolute Gasteiger partial charge is 0.418 e. The van der Waals surface area contributed by atoms with Crippen LogP contribution in [0.3, 0.4) is 0 Å². The van der Waals surface area contributed by atoms with Crippen LogP contribution in [-0.4, -0.2) is 56.5 Å². The van der Waals surface area contributed by atoms with Gasteiger partial charge in [-0.1, -0.05) is 6.42 Å². The van der Waals surface area contributed by atoms with Crippen LogP contribution in [0.25, 0.3) is 0 Å². The van der Waals surface area contributed by atoms with Gasteiger partial charge in [0.2, 0.25) is 0 Å². The van der Waals surface area contributed by atoms with Gasteiger partial charge in [-0.15, -0.1) is 0 Å². The molecule has 6 heteroatoms. The summed E-state index contributed by atoms with van der Waals surface area (Å²) in [5, 5.41) is 17.6. The number of hydrogen-bond acceptors (Lipinski definition) is 4. The molecule has 0 saturated carbocycles. The van der Waals surface area contributed by atoms with E-state index in [4.69, 9.17) is 19.4 Å². The Hall–Kier alpha value is 0.0169. The van der Waals surface area contributed by atoms with Crippen molar-refractivity contribution < 1.29 is 24.9 Å². The van der Waals surface area contributed by atoms with Crippen LogP contribution in [0.2, 0.25) is 19.1 Å². The van der Waals surface area contributed by atoms with Crippen molar-refractivity contribution in [2.24, 2.45) is 0 Å². The van der Waals surface area contributed by atoms with Crippen LogP contribution in [0, 0.1) is 0 Å². The van der Waals surface area contributed by atoms with Crippen molar-refractivity contribution in [1.29, 1.82) is 0 Å². The van der Waals surface area contributed by atoms with Gasteiger partial charge < -0.3 is 24.9 Å². The third kappa shape index (κ3) is 12.3. The standard InChI is InChI=1S/C11H26O4Si.H2O/c1-4-15-16(2,3)8-6-5-7-14-10-11(13)9-12;/h11-13H,4-10H2,1-3H3;1H2. The normalized spacial score (nSPS) is 13.2. The van der Waals surface area contributed by atoms with Gasteiger partial charge in [-0.25, -0.2) is 0 Å². The summed E-state index contributed by atoms with van der Waals surface area (Å²) in [6, 6.07) is 1.15. The summed E-state index contributed by atoms with van der Waals surface area (Å²) in [7, 11) is -1.44. The van der Waals surface area contributed by atoms with E-state index in [0.29, 0.717) is 6.61 Å². The van der Waals surface area contributed by atoms with E-state index in [1.54, 1.807) is 0 Å².